The molecule has 0 saturated heterocycles. The minimum absolute atomic E-state index is 0.165. The third kappa shape index (κ3) is 5.11. The number of fused-ring (bicyclic) bond motifs is 1. The third-order valence-corrected chi connectivity index (χ3v) is 3.67. The quantitative estimate of drug-likeness (QED) is 0.283. The smallest absolute Gasteiger partial charge is 0.298 e. The Morgan fingerprint density at radius 3 is 1.84 bits per heavy atom. The molecular formula is C14H16F3N2O5S+. The molecule has 138 valence electrons. The number of alkyl halides is 3. The van der Waals surface area contributed by atoms with Crippen molar-refractivity contribution in [2.45, 2.75) is 5.51 Å². The van der Waals surface area contributed by atoms with E-state index in [1.165, 1.54) is 0 Å². The number of nitro groups is 1. The summed E-state index contributed by atoms with van der Waals surface area (Å²) in [5, 5.41) is 12.6. The maximum Gasteiger partial charge on any atom is 0.522 e. The largest absolute Gasteiger partial charge is 0.522 e. The van der Waals surface area contributed by atoms with E-state index in [-0.39, 0.29) is 10.6 Å². The summed E-state index contributed by atoms with van der Waals surface area (Å²) >= 11 is 0. The van der Waals surface area contributed by atoms with Gasteiger partial charge in [-0.2, -0.15) is 21.6 Å². The fraction of sp³-hybridized carbons (Fsp3) is 0.286. The summed E-state index contributed by atoms with van der Waals surface area (Å²) < 4.78 is 58.2. The first-order valence-corrected chi connectivity index (χ1v) is 8.12. The Morgan fingerprint density at radius 2 is 1.48 bits per heavy atom. The van der Waals surface area contributed by atoms with Crippen molar-refractivity contribution in [2.24, 2.45) is 0 Å². The molecular weight excluding hydrogens is 365 g/mol. The molecule has 0 heterocycles. The van der Waals surface area contributed by atoms with Crippen LogP contribution < -0.4 is 4.48 Å². The number of rotatable bonds is 2. The molecule has 0 aromatic heterocycles. The Balaban J connectivity index is 0.000000333. The van der Waals surface area contributed by atoms with Gasteiger partial charge < -0.3 is 0 Å². The second kappa shape index (κ2) is 6.94. The molecule has 0 unspecified atom stereocenters. The summed E-state index contributed by atoms with van der Waals surface area (Å²) in [5.74, 6) is 0. The van der Waals surface area contributed by atoms with Crippen LogP contribution in [0.4, 0.5) is 24.5 Å². The van der Waals surface area contributed by atoms with E-state index in [2.05, 4.69) is 0 Å². The molecule has 0 atom stereocenters. The van der Waals surface area contributed by atoms with Crippen LogP contribution in [-0.2, 0) is 10.1 Å². The Labute approximate surface area is 141 Å². The lowest BCUT2D eigenvalue weighted by atomic mass is 10.1. The Bertz CT molecular complexity index is 889. The molecule has 2 aromatic carbocycles. The zero-order valence-corrected chi connectivity index (χ0v) is 14.3. The zero-order valence-electron chi connectivity index (χ0n) is 13.5. The van der Waals surface area contributed by atoms with Crippen molar-refractivity contribution < 1.29 is 31.1 Å². The maximum absolute atomic E-state index is 11.0. The van der Waals surface area contributed by atoms with Crippen LogP contribution in [0.2, 0.25) is 0 Å². The predicted molar refractivity (Wildman–Crippen MR) is 87.8 cm³/mol. The number of nitrogens with zero attached hydrogens (tertiary/aromatic N) is 2. The molecule has 7 nitrogen and oxygen atoms in total. The van der Waals surface area contributed by atoms with Gasteiger partial charge in [0.1, 0.15) is 5.69 Å². The van der Waals surface area contributed by atoms with Gasteiger partial charge in [-0.05, 0) is 12.1 Å². The normalized spacial score (nSPS) is 12.4. The van der Waals surface area contributed by atoms with E-state index in [0.717, 1.165) is 11.1 Å². The zero-order chi connectivity index (χ0) is 19.6. The van der Waals surface area contributed by atoms with Crippen LogP contribution in [0.5, 0.6) is 0 Å². The van der Waals surface area contributed by atoms with Crippen LogP contribution in [0.15, 0.2) is 36.4 Å². The third-order valence-electron chi connectivity index (χ3n) is 3.09. The van der Waals surface area contributed by atoms with Gasteiger partial charge in [-0.25, -0.2) is 0 Å². The summed E-state index contributed by atoms with van der Waals surface area (Å²) in [6.45, 7) is 0. The number of hydrogen-bond acceptors (Lipinski definition) is 4. The highest BCUT2D eigenvalue weighted by Crippen LogP contribution is 2.34. The van der Waals surface area contributed by atoms with E-state index >= 15 is 0 Å². The monoisotopic (exact) mass is 381 g/mol. The van der Waals surface area contributed by atoms with Crippen LogP contribution >= 0.6 is 0 Å². The first-order valence-electron chi connectivity index (χ1n) is 6.68. The number of halogens is 3. The standard InChI is InChI=1S/C13H15N2O2.CHF3O3S/c1-15(2,3)13-9-8-12(14(16)17)10-6-4-5-7-11(10)13;2-1(3,4)8(5,6)7/h4-9H,1-3H3;(H,5,6,7)/q+1;. The summed E-state index contributed by atoms with van der Waals surface area (Å²) in [4.78, 5) is 10.6. The van der Waals surface area contributed by atoms with Crippen molar-refractivity contribution in [2.75, 3.05) is 21.1 Å². The van der Waals surface area contributed by atoms with E-state index in [0.29, 0.717) is 9.87 Å². The molecule has 0 aliphatic carbocycles. The molecule has 1 N–H and O–H groups in total. The van der Waals surface area contributed by atoms with Gasteiger partial charge in [0, 0.05) is 17.5 Å². The minimum Gasteiger partial charge on any atom is -0.298 e. The molecule has 0 spiro atoms. The van der Waals surface area contributed by atoms with Crippen molar-refractivity contribution >= 4 is 32.3 Å². The molecule has 0 radical (unpaired) electrons. The topological polar surface area (TPSA) is 97.5 Å². The number of non-ortho nitro benzene ring substituents is 1. The number of hydrogen-bond donors (Lipinski definition) is 1. The van der Waals surface area contributed by atoms with Gasteiger partial charge in [-0.3, -0.25) is 19.2 Å². The highest BCUT2D eigenvalue weighted by molar-refractivity contribution is 7.86. The Hall–Kier alpha value is -2.24. The molecule has 2 rings (SSSR count). The molecule has 2 aromatic rings. The van der Waals surface area contributed by atoms with Crippen molar-refractivity contribution in [3.63, 3.8) is 0 Å². The lowest BCUT2D eigenvalue weighted by Gasteiger charge is -2.24. The highest BCUT2D eigenvalue weighted by atomic mass is 32.2. The van der Waals surface area contributed by atoms with E-state index in [1.54, 1.807) is 12.1 Å². The van der Waals surface area contributed by atoms with E-state index in [4.69, 9.17) is 13.0 Å². The van der Waals surface area contributed by atoms with E-state index in [9.17, 15) is 23.3 Å². The van der Waals surface area contributed by atoms with Crippen LogP contribution in [0.1, 0.15) is 0 Å². The van der Waals surface area contributed by atoms with Crippen molar-refractivity contribution in [1.29, 1.82) is 0 Å². The SMILES string of the molecule is C[N+](C)(C)c1ccc([N+](=O)[O-])c2ccccc12.O=S(=O)(O)C(F)(F)F. The second-order valence-corrected chi connectivity index (χ2v) is 7.25. The molecule has 25 heavy (non-hydrogen) atoms. The van der Waals surface area contributed by atoms with E-state index < -0.39 is 15.6 Å². The molecule has 0 amide bonds. The molecule has 0 bridgehead atoms. The van der Waals surface area contributed by atoms with Crippen LogP contribution in [0.3, 0.4) is 0 Å². The molecule has 11 heteroatoms. The van der Waals surface area contributed by atoms with E-state index in [1.807, 2.05) is 45.4 Å². The van der Waals surface area contributed by atoms with Gasteiger partial charge in [-0.15, -0.1) is 0 Å². The van der Waals surface area contributed by atoms with Gasteiger partial charge in [-0.1, -0.05) is 12.1 Å². The number of quaternary nitrogens is 1. The number of nitro benzene ring substituents is 1. The average molecular weight is 381 g/mol. The first-order chi connectivity index (χ1) is 11.2. The molecule has 0 fully saturated rings. The fourth-order valence-electron chi connectivity index (χ4n) is 2.01. The lowest BCUT2D eigenvalue weighted by molar-refractivity contribution is -0.383. The molecule has 0 saturated carbocycles. The van der Waals surface area contributed by atoms with Crippen LogP contribution in [0, 0.1) is 10.1 Å². The lowest BCUT2D eigenvalue weighted by Crippen LogP contribution is -2.34. The molecule has 0 aliphatic rings. The van der Waals surface area contributed by atoms with Gasteiger partial charge in [0.25, 0.3) is 5.69 Å². The first kappa shape index (κ1) is 20.8. The van der Waals surface area contributed by atoms with Gasteiger partial charge in [0.05, 0.1) is 31.5 Å². The average Bonchev–Trinajstić information content (AvgIpc) is 2.43. The van der Waals surface area contributed by atoms with Crippen LogP contribution in [0.25, 0.3) is 10.8 Å². The Morgan fingerprint density at radius 1 is 1.04 bits per heavy atom. The predicted octanol–water partition coefficient (Wildman–Crippen LogP) is 3.34. The van der Waals surface area contributed by atoms with Crippen molar-refractivity contribution in [3.05, 3.63) is 46.5 Å². The van der Waals surface area contributed by atoms with Gasteiger partial charge >= 0.3 is 15.6 Å². The van der Waals surface area contributed by atoms with Gasteiger partial charge in [0.15, 0.2) is 0 Å². The maximum atomic E-state index is 11.0. The van der Waals surface area contributed by atoms with Crippen molar-refractivity contribution in [3.8, 4) is 0 Å². The summed E-state index contributed by atoms with van der Waals surface area (Å²) in [6, 6.07) is 10.9. The molecule has 0 aliphatic heterocycles. The minimum atomic E-state index is -5.84. The highest BCUT2D eigenvalue weighted by Gasteiger charge is 2.44. The summed E-state index contributed by atoms with van der Waals surface area (Å²) in [7, 11) is 0.307. The van der Waals surface area contributed by atoms with Crippen molar-refractivity contribution in [1.82, 2.24) is 4.48 Å². The van der Waals surface area contributed by atoms with Gasteiger partial charge in [0.2, 0.25) is 0 Å². The Kier molecular flexibility index (Phi) is 5.78. The second-order valence-electron chi connectivity index (χ2n) is 5.84. The summed E-state index contributed by atoms with van der Waals surface area (Å²) in [5.41, 5.74) is -4.29. The summed E-state index contributed by atoms with van der Waals surface area (Å²) in [6.07, 6.45) is 0. The van der Waals surface area contributed by atoms with Crippen LogP contribution in [-0.4, -0.2) is 44.5 Å². The number of benzene rings is 2. The fourth-order valence-corrected chi connectivity index (χ4v) is 2.01.